The van der Waals surface area contributed by atoms with E-state index in [1.54, 1.807) is 6.92 Å². The Labute approximate surface area is 109 Å². The monoisotopic (exact) mass is 252 g/mol. The predicted molar refractivity (Wildman–Crippen MR) is 76.4 cm³/mol. The Morgan fingerprint density at radius 2 is 1.67 bits per heavy atom. The molecule has 0 spiro atoms. The summed E-state index contributed by atoms with van der Waals surface area (Å²) in [6.45, 7) is 10.1. The lowest BCUT2D eigenvalue weighted by Crippen LogP contribution is -2.42. The van der Waals surface area contributed by atoms with Crippen molar-refractivity contribution < 1.29 is 0 Å². The van der Waals surface area contributed by atoms with Crippen molar-refractivity contribution in [3.05, 3.63) is 26.0 Å². The second-order valence-electron chi connectivity index (χ2n) is 4.84. The molecule has 0 aliphatic carbocycles. The lowest BCUT2D eigenvalue weighted by Gasteiger charge is -2.24. The van der Waals surface area contributed by atoms with Gasteiger partial charge in [-0.3, -0.25) is 9.59 Å². The van der Waals surface area contributed by atoms with Crippen molar-refractivity contribution in [3.63, 3.8) is 0 Å². The molecule has 0 amide bonds. The van der Waals surface area contributed by atoms with E-state index in [4.69, 9.17) is 0 Å². The smallest absolute Gasteiger partial charge is 0.249 e. The van der Waals surface area contributed by atoms with Crippen LogP contribution in [0.3, 0.4) is 0 Å². The van der Waals surface area contributed by atoms with Crippen LogP contribution < -0.4 is 15.8 Å². The molecule has 1 aromatic rings. The maximum Gasteiger partial charge on any atom is 0.249 e. The van der Waals surface area contributed by atoms with Gasteiger partial charge in [-0.2, -0.15) is 0 Å². The molecule has 18 heavy (non-hydrogen) atoms. The highest BCUT2D eigenvalue weighted by atomic mass is 16.2. The molecule has 0 aliphatic heterocycles. The summed E-state index contributed by atoms with van der Waals surface area (Å²) in [7, 11) is 1.89. The van der Waals surface area contributed by atoms with Crippen LogP contribution in [0.25, 0.3) is 0 Å². The number of rotatable bonds is 8. The Balaban J connectivity index is 2.41. The highest BCUT2D eigenvalue weighted by Crippen LogP contribution is 2.11. The molecule has 0 saturated carbocycles. The van der Waals surface area contributed by atoms with Crippen LogP contribution in [0.5, 0.6) is 0 Å². The third-order valence-electron chi connectivity index (χ3n) is 3.45. The van der Waals surface area contributed by atoms with Gasteiger partial charge in [-0.05, 0) is 39.4 Å². The fourth-order valence-electron chi connectivity index (χ4n) is 2.34. The van der Waals surface area contributed by atoms with Crippen LogP contribution >= 0.6 is 0 Å². The Hall–Kier alpha value is -1.16. The molecule has 0 aromatic heterocycles. The highest BCUT2D eigenvalue weighted by Gasteiger charge is 2.19. The van der Waals surface area contributed by atoms with Crippen molar-refractivity contribution in [2.45, 2.75) is 33.6 Å². The zero-order chi connectivity index (χ0) is 13.7. The average Bonchev–Trinajstić information content (AvgIpc) is 2.37. The van der Waals surface area contributed by atoms with Crippen LogP contribution in [0.4, 0.5) is 5.69 Å². The van der Waals surface area contributed by atoms with Gasteiger partial charge in [-0.15, -0.1) is 0 Å². The van der Waals surface area contributed by atoms with Crippen LogP contribution in [0, 0.1) is 6.92 Å². The molecule has 102 valence electrons. The minimum Gasteiger partial charge on any atom is -0.371 e. The first-order chi connectivity index (χ1) is 8.52. The number of hydrogen-bond donors (Lipinski definition) is 0. The standard InChI is InChI=1S/C14H24N2O2/c1-5-8-16(6-2)10-7-9-15(4)12-11(3)13(17)14(12)18/h5-10H2,1-4H3. The highest BCUT2D eigenvalue weighted by molar-refractivity contribution is 5.57. The first-order valence-corrected chi connectivity index (χ1v) is 6.76. The zero-order valence-corrected chi connectivity index (χ0v) is 12.0. The van der Waals surface area contributed by atoms with Crippen LogP contribution in [-0.2, 0) is 0 Å². The van der Waals surface area contributed by atoms with Gasteiger partial charge in [-0.25, -0.2) is 0 Å². The van der Waals surface area contributed by atoms with Crippen molar-refractivity contribution in [1.82, 2.24) is 4.90 Å². The SMILES string of the molecule is CCCN(CC)CCCN(C)c1c(C)c(=O)c1=O. The Morgan fingerprint density at radius 3 is 2.17 bits per heavy atom. The zero-order valence-electron chi connectivity index (χ0n) is 12.0. The van der Waals surface area contributed by atoms with Crippen molar-refractivity contribution >= 4 is 5.69 Å². The third kappa shape index (κ3) is 3.19. The predicted octanol–water partition coefficient (Wildman–Crippen LogP) is 1.15. The summed E-state index contributed by atoms with van der Waals surface area (Å²) < 4.78 is 0. The van der Waals surface area contributed by atoms with Gasteiger partial charge in [0.1, 0.15) is 0 Å². The van der Waals surface area contributed by atoms with E-state index in [1.807, 2.05) is 11.9 Å². The summed E-state index contributed by atoms with van der Waals surface area (Å²) in [5, 5.41) is 0. The summed E-state index contributed by atoms with van der Waals surface area (Å²) in [6.07, 6.45) is 2.18. The fourth-order valence-corrected chi connectivity index (χ4v) is 2.34. The van der Waals surface area contributed by atoms with Crippen molar-refractivity contribution in [2.75, 3.05) is 38.1 Å². The van der Waals surface area contributed by atoms with Crippen LogP contribution in [-0.4, -0.2) is 38.1 Å². The minimum absolute atomic E-state index is 0.321. The van der Waals surface area contributed by atoms with E-state index in [9.17, 15) is 9.59 Å². The maximum absolute atomic E-state index is 11.4. The first kappa shape index (κ1) is 14.9. The van der Waals surface area contributed by atoms with Gasteiger partial charge >= 0.3 is 0 Å². The van der Waals surface area contributed by atoms with E-state index >= 15 is 0 Å². The normalized spacial score (nSPS) is 11.4. The van der Waals surface area contributed by atoms with Gasteiger partial charge in [0.15, 0.2) is 0 Å². The van der Waals surface area contributed by atoms with Crippen LogP contribution in [0.2, 0.25) is 0 Å². The van der Waals surface area contributed by atoms with Crippen molar-refractivity contribution in [2.24, 2.45) is 0 Å². The largest absolute Gasteiger partial charge is 0.371 e. The van der Waals surface area contributed by atoms with E-state index in [0.29, 0.717) is 11.3 Å². The minimum atomic E-state index is -0.323. The molecule has 4 heteroatoms. The molecule has 4 nitrogen and oxygen atoms in total. The third-order valence-corrected chi connectivity index (χ3v) is 3.45. The molecular formula is C14H24N2O2. The molecule has 0 bridgehead atoms. The molecule has 0 heterocycles. The second kappa shape index (κ2) is 6.69. The van der Waals surface area contributed by atoms with Crippen LogP contribution in [0.1, 0.15) is 32.3 Å². The van der Waals surface area contributed by atoms with E-state index < -0.39 is 0 Å². The van der Waals surface area contributed by atoms with Crippen molar-refractivity contribution in [1.29, 1.82) is 0 Å². The van der Waals surface area contributed by atoms with Crippen LogP contribution in [0.15, 0.2) is 9.59 Å². The molecule has 0 N–H and O–H groups in total. The molecule has 0 saturated heterocycles. The molecule has 0 aliphatic rings. The molecule has 0 fully saturated rings. The Kier molecular flexibility index (Phi) is 5.54. The lowest BCUT2D eigenvalue weighted by atomic mass is 10.1. The molecular weight excluding hydrogens is 228 g/mol. The number of anilines is 1. The van der Waals surface area contributed by atoms with E-state index in [1.165, 1.54) is 6.42 Å². The van der Waals surface area contributed by atoms with Crippen molar-refractivity contribution in [3.8, 4) is 0 Å². The Morgan fingerprint density at radius 1 is 1.00 bits per heavy atom. The lowest BCUT2D eigenvalue weighted by molar-refractivity contribution is 0.286. The first-order valence-electron chi connectivity index (χ1n) is 6.76. The second-order valence-corrected chi connectivity index (χ2v) is 4.84. The van der Waals surface area contributed by atoms with E-state index in [-0.39, 0.29) is 10.9 Å². The quantitative estimate of drug-likeness (QED) is 0.651. The van der Waals surface area contributed by atoms with E-state index in [2.05, 4.69) is 18.7 Å². The maximum atomic E-state index is 11.4. The van der Waals surface area contributed by atoms with Gasteiger partial charge in [0.05, 0.1) is 5.69 Å². The summed E-state index contributed by atoms with van der Waals surface area (Å²) in [5.41, 5.74) is 0.580. The van der Waals surface area contributed by atoms with Gasteiger partial charge < -0.3 is 9.80 Å². The summed E-state index contributed by atoms with van der Waals surface area (Å²) in [6, 6.07) is 0. The summed E-state index contributed by atoms with van der Waals surface area (Å²) in [5.74, 6) is 0. The topological polar surface area (TPSA) is 40.6 Å². The number of hydrogen-bond acceptors (Lipinski definition) is 4. The molecule has 0 radical (unpaired) electrons. The molecule has 0 atom stereocenters. The average molecular weight is 252 g/mol. The van der Waals surface area contributed by atoms with Gasteiger partial charge in [0.2, 0.25) is 10.9 Å². The summed E-state index contributed by atoms with van der Waals surface area (Å²) >= 11 is 0. The van der Waals surface area contributed by atoms with Gasteiger partial charge in [0.25, 0.3) is 0 Å². The fraction of sp³-hybridized carbons (Fsp3) is 0.714. The summed E-state index contributed by atoms with van der Waals surface area (Å²) in [4.78, 5) is 26.9. The molecule has 1 rings (SSSR count). The molecule has 0 unspecified atom stereocenters. The molecule has 1 aromatic carbocycles. The number of nitrogens with zero attached hydrogens (tertiary/aromatic N) is 2. The van der Waals surface area contributed by atoms with Gasteiger partial charge in [0, 0.05) is 19.2 Å². The van der Waals surface area contributed by atoms with Gasteiger partial charge in [-0.1, -0.05) is 13.8 Å². The van der Waals surface area contributed by atoms with E-state index in [0.717, 1.165) is 32.6 Å². The Bertz CT molecular complexity index is 447.